The molecule has 2 unspecified atom stereocenters. The highest BCUT2D eigenvalue weighted by atomic mass is 16.6. The van der Waals surface area contributed by atoms with Crippen LogP contribution in [0.25, 0.3) is 0 Å². The van der Waals surface area contributed by atoms with Crippen LogP contribution in [-0.2, 0) is 17.6 Å². The Balaban J connectivity index is 2.07. The largest absolute Gasteiger partial charge is 0.496 e. The van der Waals surface area contributed by atoms with Crippen LogP contribution in [-0.4, -0.2) is 19.3 Å². The van der Waals surface area contributed by atoms with Crippen LogP contribution in [0.3, 0.4) is 0 Å². The van der Waals surface area contributed by atoms with Gasteiger partial charge in [-0.3, -0.25) is 0 Å². The Morgan fingerprint density at radius 1 is 1.31 bits per heavy atom. The minimum atomic E-state index is 0.476. The van der Waals surface area contributed by atoms with Gasteiger partial charge in [0, 0.05) is 18.4 Å². The van der Waals surface area contributed by atoms with E-state index in [4.69, 9.17) is 9.47 Å². The van der Waals surface area contributed by atoms with Gasteiger partial charge in [-0.25, -0.2) is 0 Å². The smallest absolute Gasteiger partial charge is 0.122 e. The number of hydrogen-bond donors (Lipinski definition) is 0. The average molecular weight is 176 g/mol. The fourth-order valence-electron chi connectivity index (χ4n) is 2.18. The van der Waals surface area contributed by atoms with Crippen molar-refractivity contribution in [2.75, 3.05) is 7.11 Å². The molecule has 2 atom stereocenters. The van der Waals surface area contributed by atoms with Crippen LogP contribution in [0.1, 0.15) is 11.1 Å². The Morgan fingerprint density at radius 2 is 2.15 bits per heavy atom. The maximum absolute atomic E-state index is 5.50. The summed E-state index contributed by atoms with van der Waals surface area (Å²) in [7, 11) is 1.73. The first-order valence-electron chi connectivity index (χ1n) is 4.68. The van der Waals surface area contributed by atoms with Crippen LogP contribution >= 0.6 is 0 Å². The van der Waals surface area contributed by atoms with Crippen molar-refractivity contribution in [3.63, 3.8) is 0 Å². The van der Waals surface area contributed by atoms with Crippen molar-refractivity contribution in [2.45, 2.75) is 25.0 Å². The first-order chi connectivity index (χ1) is 6.38. The molecule has 0 aromatic heterocycles. The molecule has 1 saturated heterocycles. The summed E-state index contributed by atoms with van der Waals surface area (Å²) in [4.78, 5) is 0. The zero-order valence-electron chi connectivity index (χ0n) is 7.62. The minimum Gasteiger partial charge on any atom is -0.496 e. The van der Waals surface area contributed by atoms with E-state index in [0.29, 0.717) is 12.2 Å². The number of methoxy groups -OCH3 is 1. The van der Waals surface area contributed by atoms with E-state index in [9.17, 15) is 0 Å². The summed E-state index contributed by atoms with van der Waals surface area (Å²) in [6.07, 6.45) is 3.07. The fraction of sp³-hybridized carbons (Fsp3) is 0.455. The first kappa shape index (κ1) is 7.39. The molecule has 1 heterocycles. The Hall–Kier alpha value is -1.02. The van der Waals surface area contributed by atoms with Crippen LogP contribution in [0, 0.1) is 0 Å². The Morgan fingerprint density at radius 3 is 3.00 bits per heavy atom. The maximum Gasteiger partial charge on any atom is 0.122 e. The highest BCUT2D eigenvalue weighted by Crippen LogP contribution is 2.39. The van der Waals surface area contributed by atoms with Gasteiger partial charge in [0.05, 0.1) is 19.3 Å². The van der Waals surface area contributed by atoms with E-state index in [1.807, 2.05) is 6.07 Å². The van der Waals surface area contributed by atoms with Crippen LogP contribution in [0.2, 0.25) is 0 Å². The highest BCUT2D eigenvalue weighted by Gasteiger charge is 2.43. The Kier molecular flexibility index (Phi) is 1.41. The van der Waals surface area contributed by atoms with Crippen LogP contribution in [0.15, 0.2) is 18.2 Å². The molecule has 1 aromatic rings. The summed E-state index contributed by atoms with van der Waals surface area (Å²) in [5.74, 6) is 1.02. The summed E-state index contributed by atoms with van der Waals surface area (Å²) in [6, 6.07) is 6.26. The van der Waals surface area contributed by atoms with Gasteiger partial charge in [0.1, 0.15) is 5.75 Å². The van der Waals surface area contributed by atoms with E-state index in [1.165, 1.54) is 11.1 Å². The topological polar surface area (TPSA) is 21.8 Å². The second-order valence-corrected chi connectivity index (χ2v) is 3.72. The molecule has 2 nitrogen and oxygen atoms in total. The molecule has 2 aliphatic rings. The highest BCUT2D eigenvalue weighted by molar-refractivity contribution is 5.44. The predicted molar refractivity (Wildman–Crippen MR) is 49.1 cm³/mol. The molecule has 1 fully saturated rings. The molecule has 2 heteroatoms. The number of benzene rings is 1. The van der Waals surface area contributed by atoms with Crippen molar-refractivity contribution < 1.29 is 9.47 Å². The van der Waals surface area contributed by atoms with Crippen molar-refractivity contribution in [2.24, 2.45) is 0 Å². The zero-order valence-corrected chi connectivity index (χ0v) is 7.62. The normalized spacial score (nSPS) is 29.0. The zero-order chi connectivity index (χ0) is 8.84. The van der Waals surface area contributed by atoms with Crippen molar-refractivity contribution >= 4 is 0 Å². The third-order valence-corrected chi connectivity index (χ3v) is 2.96. The third-order valence-electron chi connectivity index (χ3n) is 2.96. The van der Waals surface area contributed by atoms with Crippen molar-refractivity contribution in [3.8, 4) is 5.75 Å². The molecular formula is C11H12O2. The van der Waals surface area contributed by atoms with Crippen molar-refractivity contribution in [1.29, 1.82) is 0 Å². The lowest BCUT2D eigenvalue weighted by atomic mass is 9.91. The molecule has 0 bridgehead atoms. The predicted octanol–water partition coefficient (Wildman–Crippen LogP) is 1.56. The summed E-state index contributed by atoms with van der Waals surface area (Å²) in [5.41, 5.74) is 2.75. The summed E-state index contributed by atoms with van der Waals surface area (Å²) in [6.45, 7) is 0. The van der Waals surface area contributed by atoms with E-state index >= 15 is 0 Å². The number of epoxide rings is 1. The van der Waals surface area contributed by atoms with Gasteiger partial charge in [-0.05, 0) is 11.6 Å². The maximum atomic E-state index is 5.50. The second kappa shape index (κ2) is 2.48. The number of ether oxygens (including phenoxy) is 2. The van der Waals surface area contributed by atoms with Crippen LogP contribution in [0.5, 0.6) is 5.75 Å². The monoisotopic (exact) mass is 176 g/mol. The molecule has 13 heavy (non-hydrogen) atoms. The first-order valence-corrected chi connectivity index (χ1v) is 4.68. The fourth-order valence-corrected chi connectivity index (χ4v) is 2.18. The summed E-state index contributed by atoms with van der Waals surface area (Å²) < 4.78 is 10.8. The Labute approximate surface area is 77.5 Å². The number of rotatable bonds is 1. The van der Waals surface area contributed by atoms with Gasteiger partial charge in [0.25, 0.3) is 0 Å². The molecule has 1 aliphatic carbocycles. The molecule has 0 radical (unpaired) electrons. The second-order valence-electron chi connectivity index (χ2n) is 3.72. The molecule has 3 rings (SSSR count). The standard InChI is InChI=1S/C11H12O2/c1-12-9-4-2-3-7-5-10-11(13-10)6-8(7)9/h2-4,10-11H,5-6H2,1H3. The quantitative estimate of drug-likeness (QED) is 0.606. The number of hydrogen-bond acceptors (Lipinski definition) is 2. The van der Waals surface area contributed by atoms with Gasteiger partial charge < -0.3 is 9.47 Å². The lowest BCUT2D eigenvalue weighted by Gasteiger charge is -2.15. The Bertz CT molecular complexity index is 346. The molecule has 0 amide bonds. The summed E-state index contributed by atoms with van der Waals surface area (Å²) >= 11 is 0. The average Bonchev–Trinajstić information content (AvgIpc) is 2.91. The van der Waals surface area contributed by atoms with Gasteiger partial charge in [-0.2, -0.15) is 0 Å². The van der Waals surface area contributed by atoms with E-state index in [0.717, 1.165) is 18.6 Å². The molecule has 1 aromatic carbocycles. The van der Waals surface area contributed by atoms with Gasteiger partial charge in [0.2, 0.25) is 0 Å². The van der Waals surface area contributed by atoms with Crippen molar-refractivity contribution in [1.82, 2.24) is 0 Å². The number of fused-ring (bicyclic) bond motifs is 2. The van der Waals surface area contributed by atoms with Gasteiger partial charge in [0.15, 0.2) is 0 Å². The lowest BCUT2D eigenvalue weighted by molar-refractivity contribution is 0.372. The minimum absolute atomic E-state index is 0.476. The SMILES string of the molecule is COc1cccc2c1CC1OC1C2. The molecular weight excluding hydrogens is 164 g/mol. The summed E-state index contributed by atoms with van der Waals surface area (Å²) in [5, 5.41) is 0. The van der Waals surface area contributed by atoms with E-state index in [2.05, 4.69) is 12.1 Å². The molecule has 1 aliphatic heterocycles. The van der Waals surface area contributed by atoms with Crippen LogP contribution in [0.4, 0.5) is 0 Å². The van der Waals surface area contributed by atoms with Crippen LogP contribution < -0.4 is 4.74 Å². The third kappa shape index (κ3) is 1.05. The van der Waals surface area contributed by atoms with E-state index in [1.54, 1.807) is 7.11 Å². The molecule has 0 spiro atoms. The van der Waals surface area contributed by atoms with Crippen molar-refractivity contribution in [3.05, 3.63) is 29.3 Å². The van der Waals surface area contributed by atoms with Gasteiger partial charge in [-0.1, -0.05) is 12.1 Å². The van der Waals surface area contributed by atoms with Gasteiger partial charge in [-0.15, -0.1) is 0 Å². The molecule has 68 valence electrons. The molecule has 0 saturated carbocycles. The molecule has 0 N–H and O–H groups in total. The lowest BCUT2D eigenvalue weighted by Crippen LogP contribution is -2.12. The van der Waals surface area contributed by atoms with E-state index < -0.39 is 0 Å². The van der Waals surface area contributed by atoms with E-state index in [-0.39, 0.29) is 0 Å². The van der Waals surface area contributed by atoms with Gasteiger partial charge >= 0.3 is 0 Å².